The van der Waals surface area contributed by atoms with Crippen LogP contribution in [-0.4, -0.2) is 34.9 Å². The van der Waals surface area contributed by atoms with Gasteiger partial charge in [0.05, 0.1) is 11.5 Å². The van der Waals surface area contributed by atoms with Gasteiger partial charge in [-0.15, -0.1) is 0 Å². The molecule has 0 aromatic heterocycles. The minimum absolute atomic E-state index is 0.0590. The number of carbonyl (C=O) groups excluding carboxylic acids is 1. The molecule has 0 unspecified atom stereocenters. The molecule has 1 aromatic carbocycles. The van der Waals surface area contributed by atoms with Crippen LogP contribution in [0.3, 0.4) is 0 Å². The lowest BCUT2D eigenvalue weighted by atomic mass is 10.2. The van der Waals surface area contributed by atoms with Crippen molar-refractivity contribution < 1.29 is 4.79 Å². The van der Waals surface area contributed by atoms with Crippen LogP contribution in [0.2, 0.25) is 0 Å². The van der Waals surface area contributed by atoms with Crippen molar-refractivity contribution in [3.63, 3.8) is 0 Å². The number of nitrogens with two attached hydrogens (primary N) is 1. The fourth-order valence-corrected chi connectivity index (χ4v) is 2.21. The van der Waals surface area contributed by atoms with E-state index >= 15 is 0 Å². The van der Waals surface area contributed by atoms with Crippen molar-refractivity contribution >= 4 is 23.1 Å². The first-order chi connectivity index (χ1) is 9.65. The van der Waals surface area contributed by atoms with E-state index in [0.29, 0.717) is 30.5 Å². The van der Waals surface area contributed by atoms with Gasteiger partial charge in [-0.05, 0) is 18.4 Å². The van der Waals surface area contributed by atoms with Crippen molar-refractivity contribution in [2.75, 3.05) is 13.1 Å². The average Bonchev–Trinajstić information content (AvgIpc) is 3.26. The molecular weight excluding hydrogens is 270 g/mol. The first-order valence-electron chi connectivity index (χ1n) is 6.98. The Morgan fingerprint density at radius 1 is 1.35 bits per heavy atom. The van der Waals surface area contributed by atoms with E-state index in [4.69, 9.17) is 18.0 Å². The molecule has 0 bridgehead atoms. The van der Waals surface area contributed by atoms with Gasteiger partial charge in [0, 0.05) is 25.6 Å². The summed E-state index contributed by atoms with van der Waals surface area (Å²) in [4.78, 5) is 14.7. The lowest BCUT2D eigenvalue weighted by Gasteiger charge is -2.21. The van der Waals surface area contributed by atoms with Gasteiger partial charge in [0.2, 0.25) is 5.91 Å². The molecule has 1 fully saturated rings. The second-order valence-electron chi connectivity index (χ2n) is 5.18. The number of thiocarbonyl (C=S) groups is 1. The fraction of sp³-hybridized carbons (Fsp3) is 0.467. The van der Waals surface area contributed by atoms with E-state index in [0.717, 1.165) is 12.1 Å². The van der Waals surface area contributed by atoms with E-state index in [1.165, 1.54) is 12.8 Å². The largest absolute Gasteiger partial charge is 0.393 e. The monoisotopic (exact) mass is 291 g/mol. The van der Waals surface area contributed by atoms with E-state index in [2.05, 4.69) is 10.2 Å². The first-order valence-corrected chi connectivity index (χ1v) is 7.39. The van der Waals surface area contributed by atoms with Gasteiger partial charge < -0.3 is 11.1 Å². The van der Waals surface area contributed by atoms with E-state index < -0.39 is 0 Å². The average molecular weight is 291 g/mol. The van der Waals surface area contributed by atoms with Crippen LogP contribution in [0.1, 0.15) is 24.8 Å². The summed E-state index contributed by atoms with van der Waals surface area (Å²) in [5.41, 5.74) is 6.64. The van der Waals surface area contributed by atoms with Crippen LogP contribution in [0.4, 0.5) is 0 Å². The molecule has 0 atom stereocenters. The van der Waals surface area contributed by atoms with Crippen molar-refractivity contribution in [2.24, 2.45) is 5.73 Å². The Balaban J connectivity index is 1.75. The van der Waals surface area contributed by atoms with Gasteiger partial charge in [-0.25, -0.2) is 0 Å². The van der Waals surface area contributed by atoms with Crippen LogP contribution in [0.15, 0.2) is 30.3 Å². The molecular formula is C15H21N3OS. The van der Waals surface area contributed by atoms with Gasteiger partial charge in [0.25, 0.3) is 0 Å². The van der Waals surface area contributed by atoms with Crippen LogP contribution in [0, 0.1) is 0 Å². The third-order valence-electron chi connectivity index (χ3n) is 3.39. The van der Waals surface area contributed by atoms with E-state index in [1.54, 1.807) is 0 Å². The molecule has 1 aliphatic rings. The second kappa shape index (κ2) is 7.36. The minimum atomic E-state index is 0.0590. The Bertz CT molecular complexity index is 459. The third kappa shape index (κ3) is 5.27. The van der Waals surface area contributed by atoms with Crippen LogP contribution < -0.4 is 11.1 Å². The van der Waals surface area contributed by atoms with Crippen molar-refractivity contribution in [1.82, 2.24) is 10.2 Å². The third-order valence-corrected chi connectivity index (χ3v) is 3.59. The van der Waals surface area contributed by atoms with E-state index in [-0.39, 0.29) is 5.91 Å². The summed E-state index contributed by atoms with van der Waals surface area (Å²) in [6, 6.07) is 10.5. The molecule has 108 valence electrons. The Morgan fingerprint density at radius 2 is 2.05 bits per heavy atom. The van der Waals surface area contributed by atoms with E-state index in [9.17, 15) is 4.79 Å². The van der Waals surface area contributed by atoms with Gasteiger partial charge in [-0.1, -0.05) is 42.5 Å². The Labute approximate surface area is 125 Å². The zero-order chi connectivity index (χ0) is 14.4. The summed E-state index contributed by atoms with van der Waals surface area (Å²) >= 11 is 4.90. The summed E-state index contributed by atoms with van der Waals surface area (Å²) < 4.78 is 0. The highest BCUT2D eigenvalue weighted by atomic mass is 32.1. The molecule has 20 heavy (non-hydrogen) atoms. The number of benzene rings is 1. The van der Waals surface area contributed by atoms with Gasteiger partial charge >= 0.3 is 0 Å². The number of amides is 1. The maximum absolute atomic E-state index is 12.0. The smallest absolute Gasteiger partial charge is 0.234 e. The van der Waals surface area contributed by atoms with Crippen LogP contribution in [0.25, 0.3) is 0 Å². The Morgan fingerprint density at radius 3 is 2.65 bits per heavy atom. The number of nitrogens with zero attached hydrogens (tertiary/aromatic N) is 1. The first kappa shape index (κ1) is 14.9. The summed E-state index contributed by atoms with van der Waals surface area (Å²) in [6.45, 7) is 1.78. The number of hydrogen-bond donors (Lipinski definition) is 2. The normalized spacial score (nSPS) is 14.2. The molecule has 1 aliphatic carbocycles. The predicted octanol–water partition coefficient (Wildman–Crippen LogP) is 1.44. The molecule has 2 rings (SSSR count). The summed E-state index contributed by atoms with van der Waals surface area (Å²) in [7, 11) is 0. The molecule has 4 nitrogen and oxygen atoms in total. The lowest BCUT2D eigenvalue weighted by molar-refractivity contribution is -0.122. The second-order valence-corrected chi connectivity index (χ2v) is 5.70. The van der Waals surface area contributed by atoms with Gasteiger partial charge in [0.1, 0.15) is 0 Å². The van der Waals surface area contributed by atoms with Crippen LogP contribution in [0.5, 0.6) is 0 Å². The molecule has 5 heteroatoms. The van der Waals surface area contributed by atoms with Gasteiger partial charge in [0.15, 0.2) is 0 Å². The van der Waals surface area contributed by atoms with Crippen molar-refractivity contribution in [1.29, 1.82) is 0 Å². The number of nitrogens with one attached hydrogen (secondary N) is 1. The van der Waals surface area contributed by atoms with Crippen molar-refractivity contribution in [2.45, 2.75) is 31.8 Å². The van der Waals surface area contributed by atoms with Gasteiger partial charge in [-0.3, -0.25) is 9.69 Å². The van der Waals surface area contributed by atoms with Crippen molar-refractivity contribution in [3.05, 3.63) is 35.9 Å². The highest BCUT2D eigenvalue weighted by Gasteiger charge is 2.29. The zero-order valence-electron chi connectivity index (χ0n) is 11.5. The summed E-state index contributed by atoms with van der Waals surface area (Å²) in [6.07, 6.45) is 3.02. The molecule has 1 saturated carbocycles. The molecule has 1 amide bonds. The molecule has 3 N–H and O–H groups in total. The zero-order valence-corrected chi connectivity index (χ0v) is 12.4. The summed E-state index contributed by atoms with van der Waals surface area (Å²) in [5.74, 6) is 0.0590. The molecule has 0 radical (unpaired) electrons. The predicted molar refractivity (Wildman–Crippen MR) is 84.3 cm³/mol. The Kier molecular flexibility index (Phi) is 5.49. The molecule has 0 spiro atoms. The SMILES string of the molecule is NC(=S)CCN(CC(=O)NCc1ccccc1)C1CC1. The minimum Gasteiger partial charge on any atom is -0.393 e. The van der Waals surface area contributed by atoms with Crippen molar-refractivity contribution in [3.8, 4) is 0 Å². The Hall–Kier alpha value is -1.46. The standard InChI is InChI=1S/C15H21N3OS/c16-14(20)8-9-18(13-6-7-13)11-15(19)17-10-12-4-2-1-3-5-12/h1-5,13H,6-11H2,(H2,16,20)(H,17,19). The molecule has 0 heterocycles. The van der Waals surface area contributed by atoms with Crippen LogP contribution >= 0.6 is 12.2 Å². The highest BCUT2D eigenvalue weighted by molar-refractivity contribution is 7.80. The fourth-order valence-electron chi connectivity index (χ4n) is 2.12. The van der Waals surface area contributed by atoms with Gasteiger partial charge in [-0.2, -0.15) is 0 Å². The maximum Gasteiger partial charge on any atom is 0.234 e. The number of carbonyl (C=O) groups is 1. The molecule has 1 aromatic rings. The topological polar surface area (TPSA) is 58.4 Å². The molecule has 0 aliphatic heterocycles. The number of rotatable bonds is 8. The quantitative estimate of drug-likeness (QED) is 0.712. The van der Waals surface area contributed by atoms with Crippen LogP contribution in [-0.2, 0) is 11.3 Å². The summed E-state index contributed by atoms with van der Waals surface area (Å²) in [5, 5.41) is 2.96. The van der Waals surface area contributed by atoms with E-state index in [1.807, 2.05) is 30.3 Å². The maximum atomic E-state index is 12.0. The highest BCUT2D eigenvalue weighted by Crippen LogP contribution is 2.26. The number of hydrogen-bond acceptors (Lipinski definition) is 3. The molecule has 0 saturated heterocycles. The lowest BCUT2D eigenvalue weighted by Crippen LogP contribution is -2.39.